The molecule has 0 radical (unpaired) electrons. The number of carbonyl (C=O) groups excluding carboxylic acids is 1. The Bertz CT molecular complexity index is 791. The van der Waals surface area contributed by atoms with Crippen molar-refractivity contribution in [2.45, 2.75) is 6.18 Å². The molecule has 0 atom stereocenters. The summed E-state index contributed by atoms with van der Waals surface area (Å²) in [5.74, 6) is -1.24. The lowest BCUT2D eigenvalue weighted by molar-refractivity contribution is -0.138. The van der Waals surface area contributed by atoms with Crippen molar-refractivity contribution in [3.63, 3.8) is 0 Å². The van der Waals surface area contributed by atoms with Gasteiger partial charge in [0.15, 0.2) is 5.71 Å². The predicted molar refractivity (Wildman–Crippen MR) is 83.4 cm³/mol. The van der Waals surface area contributed by atoms with Crippen molar-refractivity contribution in [3.8, 4) is 11.6 Å². The number of aromatic nitrogens is 1. The molecule has 1 aromatic heterocycles. The Morgan fingerprint density at radius 3 is 2.56 bits per heavy atom. The van der Waals surface area contributed by atoms with Crippen LogP contribution in [0.15, 0.2) is 47.8 Å². The van der Waals surface area contributed by atoms with Gasteiger partial charge in [0.2, 0.25) is 5.88 Å². The fourth-order valence-corrected chi connectivity index (χ4v) is 1.97. The Kier molecular flexibility index (Phi) is 5.58. The Morgan fingerprint density at radius 1 is 1.20 bits per heavy atom. The summed E-state index contributed by atoms with van der Waals surface area (Å²) in [7, 11) is 2.63. The lowest BCUT2D eigenvalue weighted by Crippen LogP contribution is -2.28. The van der Waals surface area contributed by atoms with E-state index in [-0.39, 0.29) is 17.0 Å². The van der Waals surface area contributed by atoms with E-state index >= 15 is 0 Å². The van der Waals surface area contributed by atoms with Gasteiger partial charge in [-0.25, -0.2) is 4.98 Å². The highest BCUT2D eigenvalue weighted by Gasteiger charge is 2.35. The number of alkyl halides is 3. The number of pyridine rings is 1. The number of ether oxygens (including phenoxy) is 1. The van der Waals surface area contributed by atoms with E-state index in [9.17, 15) is 18.0 Å². The van der Waals surface area contributed by atoms with Crippen LogP contribution in [0.2, 0.25) is 0 Å². The third-order valence-electron chi connectivity index (χ3n) is 3.05. The molecule has 0 saturated carbocycles. The summed E-state index contributed by atoms with van der Waals surface area (Å²) in [6.45, 7) is 0. The molecule has 1 aromatic carbocycles. The molecule has 6 nitrogen and oxygen atoms in total. The number of hydrogen-bond acceptors (Lipinski definition) is 5. The van der Waals surface area contributed by atoms with Crippen LogP contribution in [0.25, 0.3) is 0 Å². The summed E-state index contributed by atoms with van der Waals surface area (Å²) in [6, 6.07) is 8.01. The van der Waals surface area contributed by atoms with Crippen LogP contribution in [0.5, 0.6) is 11.6 Å². The molecule has 132 valence electrons. The average molecular weight is 353 g/mol. The minimum absolute atomic E-state index is 0.0221. The van der Waals surface area contributed by atoms with Gasteiger partial charge in [-0.05, 0) is 24.3 Å². The van der Waals surface area contributed by atoms with Crippen molar-refractivity contribution in [2.24, 2.45) is 5.16 Å². The Labute approximate surface area is 141 Å². The highest BCUT2D eigenvalue weighted by atomic mass is 19.4. The highest BCUT2D eigenvalue weighted by molar-refractivity contribution is 6.45. The maximum absolute atomic E-state index is 13.1. The number of hydrogen-bond donors (Lipinski definition) is 1. The zero-order valence-corrected chi connectivity index (χ0v) is 13.3. The molecule has 1 amide bonds. The van der Waals surface area contributed by atoms with E-state index in [2.05, 4.69) is 20.3 Å². The highest BCUT2D eigenvalue weighted by Crippen LogP contribution is 2.37. The van der Waals surface area contributed by atoms with Gasteiger partial charge in [-0.1, -0.05) is 17.3 Å². The van der Waals surface area contributed by atoms with Crippen molar-refractivity contribution in [1.29, 1.82) is 0 Å². The first-order valence-corrected chi connectivity index (χ1v) is 7.01. The largest absolute Gasteiger partial charge is 0.438 e. The SMILES string of the molecule is CNC(=O)/C(=N\OC)c1ccccc1Oc1ncccc1C(F)(F)F. The lowest BCUT2D eigenvalue weighted by atomic mass is 10.1. The fourth-order valence-electron chi connectivity index (χ4n) is 1.97. The van der Waals surface area contributed by atoms with E-state index in [1.165, 1.54) is 32.5 Å². The second kappa shape index (κ2) is 7.65. The van der Waals surface area contributed by atoms with Crippen LogP contribution in [-0.2, 0) is 15.8 Å². The van der Waals surface area contributed by atoms with Crippen molar-refractivity contribution in [3.05, 3.63) is 53.7 Å². The number of carbonyl (C=O) groups is 1. The second-order valence-electron chi connectivity index (χ2n) is 4.65. The molecule has 0 unspecified atom stereocenters. The molecule has 0 aliphatic carbocycles. The van der Waals surface area contributed by atoms with Gasteiger partial charge in [0, 0.05) is 13.2 Å². The van der Waals surface area contributed by atoms with Gasteiger partial charge in [0.05, 0.1) is 5.56 Å². The normalized spacial score (nSPS) is 11.8. The number of para-hydroxylation sites is 1. The Morgan fingerprint density at radius 2 is 1.92 bits per heavy atom. The summed E-state index contributed by atoms with van der Waals surface area (Å²) in [4.78, 5) is 20.2. The van der Waals surface area contributed by atoms with Crippen LogP contribution < -0.4 is 10.1 Å². The van der Waals surface area contributed by atoms with Gasteiger partial charge < -0.3 is 14.9 Å². The van der Waals surface area contributed by atoms with Crippen LogP contribution in [-0.4, -0.2) is 30.8 Å². The third kappa shape index (κ3) is 4.25. The van der Waals surface area contributed by atoms with Gasteiger partial charge in [-0.3, -0.25) is 4.79 Å². The molecular formula is C16H14F3N3O3. The molecule has 1 N–H and O–H groups in total. The monoisotopic (exact) mass is 353 g/mol. The Hall–Kier alpha value is -3.10. The van der Waals surface area contributed by atoms with Crippen LogP contribution in [0.3, 0.4) is 0 Å². The van der Waals surface area contributed by atoms with Crippen molar-refractivity contribution >= 4 is 11.6 Å². The lowest BCUT2D eigenvalue weighted by Gasteiger charge is -2.14. The number of oxime groups is 1. The zero-order valence-electron chi connectivity index (χ0n) is 13.3. The number of rotatable bonds is 5. The number of nitrogens with zero attached hydrogens (tertiary/aromatic N) is 2. The molecule has 0 spiro atoms. The van der Waals surface area contributed by atoms with E-state index in [1.54, 1.807) is 12.1 Å². The molecule has 1 heterocycles. The maximum atomic E-state index is 13.1. The summed E-state index contributed by atoms with van der Waals surface area (Å²) in [6.07, 6.45) is -3.46. The number of halogens is 3. The number of nitrogens with one attached hydrogen (secondary N) is 1. The molecule has 2 rings (SSSR count). The maximum Gasteiger partial charge on any atom is 0.421 e. The molecule has 9 heteroatoms. The minimum Gasteiger partial charge on any atom is -0.438 e. The predicted octanol–water partition coefficient (Wildman–Crippen LogP) is 2.99. The smallest absolute Gasteiger partial charge is 0.421 e. The van der Waals surface area contributed by atoms with E-state index in [4.69, 9.17) is 4.74 Å². The molecule has 0 bridgehead atoms. The fraction of sp³-hybridized carbons (Fsp3) is 0.188. The summed E-state index contributed by atoms with van der Waals surface area (Å²) in [5.41, 5.74) is -1.03. The molecule has 25 heavy (non-hydrogen) atoms. The number of benzene rings is 1. The van der Waals surface area contributed by atoms with Crippen LogP contribution in [0.4, 0.5) is 13.2 Å². The van der Waals surface area contributed by atoms with Crippen molar-refractivity contribution in [1.82, 2.24) is 10.3 Å². The van der Waals surface area contributed by atoms with Crippen LogP contribution >= 0.6 is 0 Å². The van der Waals surface area contributed by atoms with Gasteiger partial charge in [0.1, 0.15) is 18.4 Å². The first-order chi connectivity index (χ1) is 11.9. The van der Waals surface area contributed by atoms with Crippen molar-refractivity contribution in [2.75, 3.05) is 14.2 Å². The average Bonchev–Trinajstić information content (AvgIpc) is 2.59. The van der Waals surface area contributed by atoms with Gasteiger partial charge in [-0.2, -0.15) is 13.2 Å². The van der Waals surface area contributed by atoms with E-state index in [0.29, 0.717) is 0 Å². The van der Waals surface area contributed by atoms with E-state index in [0.717, 1.165) is 12.1 Å². The summed E-state index contributed by atoms with van der Waals surface area (Å²) in [5, 5.41) is 5.99. The number of likely N-dealkylation sites (N-methyl/N-ethyl adjacent to an activating group) is 1. The van der Waals surface area contributed by atoms with E-state index < -0.39 is 23.5 Å². The summed E-state index contributed by atoms with van der Waals surface area (Å²) < 4.78 is 44.6. The van der Waals surface area contributed by atoms with E-state index in [1.807, 2.05) is 0 Å². The molecular weight excluding hydrogens is 339 g/mol. The second-order valence-corrected chi connectivity index (χ2v) is 4.65. The molecule has 2 aromatic rings. The topological polar surface area (TPSA) is 72.8 Å². The van der Waals surface area contributed by atoms with Gasteiger partial charge in [-0.15, -0.1) is 0 Å². The van der Waals surface area contributed by atoms with Gasteiger partial charge >= 0.3 is 6.18 Å². The van der Waals surface area contributed by atoms with Crippen LogP contribution in [0, 0.1) is 0 Å². The summed E-state index contributed by atoms with van der Waals surface area (Å²) >= 11 is 0. The first kappa shape index (κ1) is 18.2. The zero-order chi connectivity index (χ0) is 18.4. The molecule has 0 saturated heterocycles. The van der Waals surface area contributed by atoms with Crippen molar-refractivity contribution < 1.29 is 27.5 Å². The molecule has 0 aliphatic rings. The van der Waals surface area contributed by atoms with Gasteiger partial charge in [0.25, 0.3) is 5.91 Å². The number of amides is 1. The third-order valence-corrected chi connectivity index (χ3v) is 3.05. The first-order valence-electron chi connectivity index (χ1n) is 7.01. The molecule has 0 fully saturated rings. The Balaban J connectivity index is 2.50. The standard InChI is InChI=1S/C16H14F3N3O3/c1-20-14(23)13(22-24-2)10-6-3-4-8-12(10)25-15-11(16(17,18)19)7-5-9-21-15/h3-9H,1-2H3,(H,20,23)/b22-13-. The minimum atomic E-state index is -4.64. The molecule has 0 aliphatic heterocycles. The van der Waals surface area contributed by atoms with Crippen LogP contribution in [0.1, 0.15) is 11.1 Å². The quantitative estimate of drug-likeness (QED) is 0.663.